The Labute approximate surface area is 141 Å². The van der Waals surface area contributed by atoms with E-state index in [9.17, 15) is 14.5 Å². The number of hydrogen-bond donors (Lipinski definition) is 0. The summed E-state index contributed by atoms with van der Waals surface area (Å²) in [6.07, 6.45) is 0.644. The number of aromatic nitrogens is 2. The molecule has 2 aromatic carbocycles. The molecule has 4 rings (SSSR count). The van der Waals surface area contributed by atoms with Crippen molar-refractivity contribution < 1.29 is 13.7 Å². The Morgan fingerprint density at radius 3 is 2.76 bits per heavy atom. The fourth-order valence-electron chi connectivity index (χ4n) is 2.95. The Bertz CT molecular complexity index is 939. The molecule has 0 unspecified atom stereocenters. The number of nitro groups is 1. The van der Waals surface area contributed by atoms with Gasteiger partial charge in [0.25, 0.3) is 5.69 Å². The summed E-state index contributed by atoms with van der Waals surface area (Å²) in [5.41, 5.74) is 2.16. The Kier molecular flexibility index (Phi) is 3.64. The Morgan fingerprint density at radius 1 is 1.20 bits per heavy atom. The first kappa shape index (κ1) is 15.3. The van der Waals surface area contributed by atoms with Crippen LogP contribution in [0.3, 0.4) is 0 Å². The molecule has 0 bridgehead atoms. The minimum Gasteiger partial charge on any atom is -0.419 e. The topological polar surface area (TPSA) is 85.3 Å². The normalized spacial score (nSPS) is 13.1. The maximum Gasteiger partial charge on any atom is 0.269 e. The highest BCUT2D eigenvalue weighted by molar-refractivity contribution is 5.58. The summed E-state index contributed by atoms with van der Waals surface area (Å²) in [5, 5.41) is 18.7. The minimum absolute atomic E-state index is 0.000751. The van der Waals surface area contributed by atoms with Gasteiger partial charge >= 0.3 is 0 Å². The van der Waals surface area contributed by atoms with Gasteiger partial charge in [-0.25, -0.2) is 4.39 Å². The lowest BCUT2D eigenvalue weighted by Crippen LogP contribution is -2.19. The van der Waals surface area contributed by atoms with Crippen molar-refractivity contribution >= 4 is 11.4 Å². The van der Waals surface area contributed by atoms with Gasteiger partial charge in [-0.2, -0.15) is 0 Å². The van der Waals surface area contributed by atoms with Crippen molar-refractivity contribution in [3.63, 3.8) is 0 Å². The van der Waals surface area contributed by atoms with E-state index in [1.54, 1.807) is 18.2 Å². The van der Waals surface area contributed by atoms with E-state index >= 15 is 0 Å². The van der Waals surface area contributed by atoms with Crippen LogP contribution in [0.1, 0.15) is 11.5 Å². The molecule has 0 N–H and O–H groups in total. The Hall–Kier alpha value is -3.29. The summed E-state index contributed by atoms with van der Waals surface area (Å²) < 4.78 is 19.4. The quantitative estimate of drug-likeness (QED) is 0.535. The van der Waals surface area contributed by atoms with Crippen LogP contribution >= 0.6 is 0 Å². The molecule has 0 amide bonds. The van der Waals surface area contributed by atoms with Gasteiger partial charge in [-0.05, 0) is 30.7 Å². The van der Waals surface area contributed by atoms with E-state index in [0.717, 1.165) is 5.69 Å². The van der Waals surface area contributed by atoms with Gasteiger partial charge in [-0.1, -0.05) is 6.07 Å². The predicted octanol–water partition coefficient (Wildman–Crippen LogP) is 3.35. The fourth-order valence-corrected chi connectivity index (χ4v) is 2.95. The van der Waals surface area contributed by atoms with E-state index in [1.165, 1.54) is 18.2 Å². The van der Waals surface area contributed by atoms with Gasteiger partial charge in [0.15, 0.2) is 0 Å². The van der Waals surface area contributed by atoms with Crippen LogP contribution in [0.15, 0.2) is 46.9 Å². The summed E-state index contributed by atoms with van der Waals surface area (Å²) in [7, 11) is 0. The molecule has 0 saturated carbocycles. The van der Waals surface area contributed by atoms with Crippen molar-refractivity contribution in [2.45, 2.75) is 13.0 Å². The number of benzene rings is 2. The highest BCUT2D eigenvalue weighted by Gasteiger charge is 2.23. The third-order valence-electron chi connectivity index (χ3n) is 4.18. The number of nitrogens with zero attached hydrogens (tertiary/aromatic N) is 4. The van der Waals surface area contributed by atoms with Crippen molar-refractivity contribution in [2.24, 2.45) is 0 Å². The third-order valence-corrected chi connectivity index (χ3v) is 4.18. The van der Waals surface area contributed by atoms with Gasteiger partial charge < -0.3 is 9.32 Å². The number of fused-ring (bicyclic) bond motifs is 1. The molecule has 1 aliphatic heterocycles. The predicted molar refractivity (Wildman–Crippen MR) is 87.5 cm³/mol. The first-order valence-corrected chi connectivity index (χ1v) is 7.71. The average Bonchev–Trinajstić information content (AvgIpc) is 3.24. The molecule has 8 heteroatoms. The van der Waals surface area contributed by atoms with E-state index in [1.807, 2.05) is 11.0 Å². The third kappa shape index (κ3) is 2.82. The SMILES string of the molecule is O=[N+]([O-])c1ccc(-c2nnc(CN3CCc4c(F)cccc43)o2)cc1. The van der Waals surface area contributed by atoms with Crippen molar-refractivity contribution in [1.29, 1.82) is 0 Å². The minimum atomic E-state index is -0.465. The maximum absolute atomic E-state index is 13.8. The van der Waals surface area contributed by atoms with E-state index in [-0.39, 0.29) is 11.5 Å². The molecule has 1 aliphatic rings. The average molecular weight is 340 g/mol. The number of hydrogen-bond acceptors (Lipinski definition) is 6. The zero-order valence-corrected chi connectivity index (χ0v) is 13.1. The summed E-state index contributed by atoms with van der Waals surface area (Å²) in [5.74, 6) is 0.506. The standard InChI is InChI=1S/C17H13FN4O3/c18-14-2-1-3-15-13(14)8-9-21(15)10-16-19-20-17(25-16)11-4-6-12(7-5-11)22(23)24/h1-7H,8-10H2. The molecule has 1 aromatic heterocycles. The van der Waals surface area contributed by atoms with E-state index in [2.05, 4.69) is 10.2 Å². The van der Waals surface area contributed by atoms with Gasteiger partial charge in [0.05, 0.1) is 11.5 Å². The molecular formula is C17H13FN4O3. The number of nitro benzene ring substituents is 1. The van der Waals surface area contributed by atoms with E-state index in [4.69, 9.17) is 4.42 Å². The number of halogens is 1. The molecule has 0 fully saturated rings. The van der Waals surface area contributed by atoms with E-state index < -0.39 is 4.92 Å². The highest BCUT2D eigenvalue weighted by Crippen LogP contribution is 2.31. The van der Waals surface area contributed by atoms with Gasteiger partial charge in [0.1, 0.15) is 5.82 Å². The van der Waals surface area contributed by atoms with Crippen molar-refractivity contribution in [2.75, 3.05) is 11.4 Å². The molecule has 0 aliphatic carbocycles. The van der Waals surface area contributed by atoms with Gasteiger partial charge in [0, 0.05) is 35.5 Å². The van der Waals surface area contributed by atoms with Gasteiger partial charge in [-0.15, -0.1) is 10.2 Å². The Balaban J connectivity index is 1.53. The monoisotopic (exact) mass is 340 g/mol. The zero-order valence-electron chi connectivity index (χ0n) is 13.1. The van der Waals surface area contributed by atoms with E-state index in [0.29, 0.717) is 42.4 Å². The Morgan fingerprint density at radius 2 is 2.00 bits per heavy atom. The number of non-ortho nitro benzene ring substituents is 1. The zero-order chi connectivity index (χ0) is 17.4. The van der Waals surface area contributed by atoms with Gasteiger partial charge in [-0.3, -0.25) is 10.1 Å². The molecule has 25 heavy (non-hydrogen) atoms. The molecule has 0 radical (unpaired) electrons. The first-order valence-electron chi connectivity index (χ1n) is 7.71. The fraction of sp³-hybridized carbons (Fsp3) is 0.176. The van der Waals surface area contributed by atoms with Crippen molar-refractivity contribution in [3.05, 3.63) is 69.9 Å². The highest BCUT2D eigenvalue weighted by atomic mass is 19.1. The largest absolute Gasteiger partial charge is 0.419 e. The second-order valence-electron chi connectivity index (χ2n) is 5.71. The van der Waals surface area contributed by atoms with Crippen molar-refractivity contribution in [1.82, 2.24) is 10.2 Å². The number of rotatable bonds is 4. The molecule has 126 valence electrons. The van der Waals surface area contributed by atoms with Crippen LogP contribution in [0.4, 0.5) is 15.8 Å². The summed E-state index contributed by atoms with van der Waals surface area (Å²) in [6.45, 7) is 1.07. The van der Waals surface area contributed by atoms with Crippen LogP contribution in [0, 0.1) is 15.9 Å². The second kappa shape index (κ2) is 5.97. The lowest BCUT2D eigenvalue weighted by molar-refractivity contribution is -0.384. The van der Waals surface area contributed by atoms with Crippen LogP contribution < -0.4 is 4.90 Å². The summed E-state index contributed by atoms with van der Waals surface area (Å²) in [6, 6.07) is 10.9. The van der Waals surface area contributed by atoms with Crippen molar-refractivity contribution in [3.8, 4) is 11.5 Å². The first-order chi connectivity index (χ1) is 12.1. The maximum atomic E-state index is 13.8. The molecule has 0 spiro atoms. The molecule has 0 atom stereocenters. The van der Waals surface area contributed by atoms with Crippen LogP contribution in [-0.4, -0.2) is 21.7 Å². The molecule has 7 nitrogen and oxygen atoms in total. The molecular weight excluding hydrogens is 327 g/mol. The molecule has 3 aromatic rings. The lowest BCUT2D eigenvalue weighted by atomic mass is 10.1. The lowest BCUT2D eigenvalue weighted by Gasteiger charge is -2.16. The smallest absolute Gasteiger partial charge is 0.269 e. The van der Waals surface area contributed by atoms with Crippen LogP contribution in [0.25, 0.3) is 11.5 Å². The number of anilines is 1. The summed E-state index contributed by atoms with van der Waals surface area (Å²) >= 11 is 0. The molecule has 2 heterocycles. The summed E-state index contributed by atoms with van der Waals surface area (Å²) in [4.78, 5) is 12.2. The second-order valence-corrected chi connectivity index (χ2v) is 5.71. The van der Waals surface area contributed by atoms with Gasteiger partial charge in [0.2, 0.25) is 11.8 Å². The van der Waals surface area contributed by atoms with Crippen LogP contribution in [-0.2, 0) is 13.0 Å². The molecule has 0 saturated heterocycles. The van der Waals surface area contributed by atoms with Crippen LogP contribution in [0.2, 0.25) is 0 Å². The van der Waals surface area contributed by atoms with Crippen LogP contribution in [0.5, 0.6) is 0 Å².